The van der Waals surface area contributed by atoms with Crippen LogP contribution in [0.15, 0.2) is 97.2 Å². The van der Waals surface area contributed by atoms with Gasteiger partial charge in [-0.1, -0.05) is 336 Å². The number of hydrogen-bond acceptors (Lipinski definition) is 8. The number of allylic oxidation sites excluding steroid dienone is 15. The monoisotopic (exact) mass is 1220 g/mol. The van der Waals surface area contributed by atoms with Gasteiger partial charge in [0.15, 0.2) is 6.29 Å². The molecule has 7 unspecified atom stereocenters. The zero-order valence-corrected chi connectivity index (χ0v) is 56.5. The first-order chi connectivity index (χ1) is 42.8. The van der Waals surface area contributed by atoms with Gasteiger partial charge >= 0.3 is 0 Å². The minimum absolute atomic E-state index is 0.187. The molecule has 1 rings (SSSR count). The van der Waals surface area contributed by atoms with E-state index in [2.05, 4.69) is 104 Å². The zero-order chi connectivity index (χ0) is 62.8. The molecule has 0 spiro atoms. The first-order valence-electron chi connectivity index (χ1n) is 37.0. The van der Waals surface area contributed by atoms with Crippen LogP contribution in [-0.4, -0.2) is 87.5 Å². The summed E-state index contributed by atoms with van der Waals surface area (Å²) in [4.78, 5) is 13.1. The largest absolute Gasteiger partial charge is 0.394 e. The van der Waals surface area contributed by atoms with Crippen LogP contribution in [-0.2, 0) is 14.3 Å². The van der Waals surface area contributed by atoms with Gasteiger partial charge in [0.05, 0.1) is 25.4 Å². The average molecular weight is 1220 g/mol. The van der Waals surface area contributed by atoms with Crippen LogP contribution in [0.4, 0.5) is 0 Å². The van der Waals surface area contributed by atoms with E-state index in [0.29, 0.717) is 6.42 Å². The van der Waals surface area contributed by atoms with Crippen molar-refractivity contribution in [1.29, 1.82) is 0 Å². The number of ether oxygens (including phenoxy) is 2. The summed E-state index contributed by atoms with van der Waals surface area (Å²) in [6.07, 6.45) is 89.6. The molecule has 0 aliphatic carbocycles. The quantitative estimate of drug-likeness (QED) is 0.0261. The van der Waals surface area contributed by atoms with Crippen LogP contribution in [0.1, 0.15) is 335 Å². The molecule has 1 aliphatic heterocycles. The fraction of sp³-hybridized carbons (Fsp3) is 0.782. The lowest BCUT2D eigenvalue weighted by atomic mass is 9.99. The van der Waals surface area contributed by atoms with Gasteiger partial charge in [0.25, 0.3) is 0 Å². The molecule has 1 fully saturated rings. The highest BCUT2D eigenvalue weighted by Gasteiger charge is 2.44. The minimum Gasteiger partial charge on any atom is -0.394 e. The fourth-order valence-electron chi connectivity index (χ4n) is 11.4. The predicted molar refractivity (Wildman–Crippen MR) is 373 cm³/mol. The van der Waals surface area contributed by atoms with Crippen molar-refractivity contribution in [2.45, 2.75) is 378 Å². The third kappa shape index (κ3) is 54.6. The molecule has 0 bridgehead atoms. The molecule has 504 valence electrons. The molecule has 1 aliphatic rings. The third-order valence-electron chi connectivity index (χ3n) is 17.1. The number of amides is 1. The molecule has 87 heavy (non-hydrogen) atoms. The molecule has 1 heterocycles. The maximum atomic E-state index is 13.1. The van der Waals surface area contributed by atoms with Crippen LogP contribution in [0.25, 0.3) is 0 Å². The molecule has 0 radical (unpaired) electrons. The van der Waals surface area contributed by atoms with E-state index in [1.54, 1.807) is 6.08 Å². The van der Waals surface area contributed by atoms with Gasteiger partial charge in [-0.15, -0.1) is 0 Å². The van der Waals surface area contributed by atoms with Crippen molar-refractivity contribution in [2.24, 2.45) is 0 Å². The van der Waals surface area contributed by atoms with Crippen molar-refractivity contribution in [3.63, 3.8) is 0 Å². The lowest BCUT2D eigenvalue weighted by molar-refractivity contribution is -0.302. The minimum atomic E-state index is -1.58. The van der Waals surface area contributed by atoms with E-state index in [0.717, 1.165) is 77.0 Å². The standard InChI is InChI=1S/C78H139NO8/c1-3-5-7-9-11-13-15-17-19-21-23-25-27-29-31-32-33-34-35-36-37-38-39-40-42-44-46-48-50-52-54-56-58-60-62-64-66-68-74(82)79-71(70-86-78-77(85)76(84)75(83)73(69-80)87-78)72(81)67-65-63-61-59-57-55-53-51-49-47-45-43-41-30-28-26-24-22-20-18-16-14-12-10-8-6-4-2/h5,7,11,13,17,19,23,25,29,31,49,51,57,59,65,67,71-73,75-78,80-81,83-85H,3-4,6,8-10,12,14-16,18,20-22,24,26-28,30,32-48,50,52-56,58,60-64,66,68-70H2,1-2H3,(H,79,82)/b7-5-,13-11-,19-17-,25-23-,31-29-,51-49+,59-57+,67-65+. The lowest BCUT2D eigenvalue weighted by Gasteiger charge is -2.40. The highest BCUT2D eigenvalue weighted by molar-refractivity contribution is 5.76. The highest BCUT2D eigenvalue weighted by atomic mass is 16.7. The van der Waals surface area contributed by atoms with Gasteiger partial charge in [-0.3, -0.25) is 4.79 Å². The molecule has 1 amide bonds. The number of aliphatic hydroxyl groups excluding tert-OH is 5. The van der Waals surface area contributed by atoms with Gasteiger partial charge in [-0.2, -0.15) is 0 Å². The molecule has 1 saturated heterocycles. The summed E-state index contributed by atoms with van der Waals surface area (Å²) in [5.74, 6) is -0.187. The molecular weight excluding hydrogens is 1080 g/mol. The number of nitrogens with one attached hydrogen (secondary N) is 1. The second-order valence-electron chi connectivity index (χ2n) is 25.3. The van der Waals surface area contributed by atoms with Crippen molar-refractivity contribution in [1.82, 2.24) is 5.32 Å². The van der Waals surface area contributed by atoms with Crippen molar-refractivity contribution < 1.29 is 39.8 Å². The van der Waals surface area contributed by atoms with Gasteiger partial charge < -0.3 is 40.3 Å². The van der Waals surface area contributed by atoms with Gasteiger partial charge in [-0.25, -0.2) is 0 Å². The van der Waals surface area contributed by atoms with E-state index < -0.39 is 49.5 Å². The predicted octanol–water partition coefficient (Wildman–Crippen LogP) is 20.6. The van der Waals surface area contributed by atoms with Gasteiger partial charge in [0.2, 0.25) is 5.91 Å². The van der Waals surface area contributed by atoms with E-state index in [1.807, 2.05) is 6.08 Å². The Hall–Kier alpha value is -2.89. The van der Waals surface area contributed by atoms with E-state index in [-0.39, 0.29) is 12.5 Å². The summed E-state index contributed by atoms with van der Waals surface area (Å²) < 4.78 is 11.3. The Labute approximate surface area is 536 Å². The second-order valence-corrected chi connectivity index (χ2v) is 25.3. The first-order valence-corrected chi connectivity index (χ1v) is 37.0. The SMILES string of the molecule is CC/C=C\C/C=C\C/C=C\C/C=C\C/C=C\CCCCCCCCCCCCCCCCCCCCCCCC(=O)NC(COC1OC(CO)C(O)C(O)C1O)C(O)/C=C/CC/C=C/CC/C=C/CCCCCCCCCCCCCCCCCCC. The number of aliphatic hydroxyl groups is 5. The Bertz CT molecular complexity index is 1700. The summed E-state index contributed by atoms with van der Waals surface area (Å²) in [7, 11) is 0. The first kappa shape index (κ1) is 82.1. The maximum absolute atomic E-state index is 13.1. The summed E-state index contributed by atoms with van der Waals surface area (Å²) in [6.45, 7) is 3.68. The number of unbranched alkanes of at least 4 members (excludes halogenated alkanes) is 40. The molecule has 0 saturated carbocycles. The molecule has 0 aromatic rings. The Kier molecular flexibility index (Phi) is 62.3. The van der Waals surface area contributed by atoms with E-state index in [9.17, 15) is 30.3 Å². The van der Waals surface area contributed by atoms with Gasteiger partial charge in [0, 0.05) is 6.42 Å². The van der Waals surface area contributed by atoms with Crippen LogP contribution in [0.3, 0.4) is 0 Å². The van der Waals surface area contributed by atoms with Crippen molar-refractivity contribution in [3.05, 3.63) is 97.2 Å². The Morgan fingerprint density at radius 1 is 0.402 bits per heavy atom. The van der Waals surface area contributed by atoms with Gasteiger partial charge in [-0.05, 0) is 89.9 Å². The molecule has 0 aromatic heterocycles. The van der Waals surface area contributed by atoms with Crippen LogP contribution >= 0.6 is 0 Å². The topological polar surface area (TPSA) is 149 Å². The second kappa shape index (κ2) is 66.0. The number of hydrogen-bond donors (Lipinski definition) is 6. The van der Waals surface area contributed by atoms with Crippen molar-refractivity contribution in [2.75, 3.05) is 13.2 Å². The smallest absolute Gasteiger partial charge is 0.220 e. The molecule has 7 atom stereocenters. The van der Waals surface area contributed by atoms with E-state index >= 15 is 0 Å². The Morgan fingerprint density at radius 3 is 1.10 bits per heavy atom. The Morgan fingerprint density at radius 2 is 0.724 bits per heavy atom. The summed E-state index contributed by atoms with van der Waals surface area (Å²) >= 11 is 0. The highest BCUT2D eigenvalue weighted by Crippen LogP contribution is 2.23. The fourth-order valence-corrected chi connectivity index (χ4v) is 11.4. The molecule has 9 nitrogen and oxygen atoms in total. The van der Waals surface area contributed by atoms with Crippen LogP contribution in [0.2, 0.25) is 0 Å². The van der Waals surface area contributed by atoms with Crippen LogP contribution in [0, 0.1) is 0 Å². The average Bonchev–Trinajstić information content (AvgIpc) is 3.37. The molecule has 0 aromatic carbocycles. The summed E-state index contributed by atoms with van der Waals surface area (Å²) in [5.41, 5.74) is 0. The van der Waals surface area contributed by atoms with Crippen LogP contribution < -0.4 is 5.32 Å². The van der Waals surface area contributed by atoms with Crippen LogP contribution in [0.5, 0.6) is 0 Å². The van der Waals surface area contributed by atoms with Crippen molar-refractivity contribution >= 4 is 5.91 Å². The van der Waals surface area contributed by atoms with Crippen molar-refractivity contribution in [3.8, 4) is 0 Å². The maximum Gasteiger partial charge on any atom is 0.220 e. The molecule has 6 N–H and O–H groups in total. The number of carbonyl (C=O) groups is 1. The van der Waals surface area contributed by atoms with E-state index in [4.69, 9.17) is 9.47 Å². The number of carbonyl (C=O) groups excluding carboxylic acids is 1. The zero-order valence-electron chi connectivity index (χ0n) is 56.5. The number of rotatable bonds is 64. The lowest BCUT2D eigenvalue weighted by Crippen LogP contribution is -2.60. The summed E-state index contributed by atoms with van der Waals surface area (Å²) in [6, 6.07) is -0.833. The third-order valence-corrected chi connectivity index (χ3v) is 17.1. The van der Waals surface area contributed by atoms with Gasteiger partial charge in [0.1, 0.15) is 24.4 Å². The molecular formula is C78H139NO8. The van der Waals surface area contributed by atoms with E-state index in [1.165, 1.54) is 238 Å². The molecule has 9 heteroatoms. The summed E-state index contributed by atoms with van der Waals surface area (Å²) in [5, 5.41) is 54.8. The normalized spacial score (nSPS) is 18.5. The Balaban J connectivity index is 2.12.